The highest BCUT2D eigenvalue weighted by Crippen LogP contribution is 2.18. The van der Waals surface area contributed by atoms with Gasteiger partial charge in [-0.15, -0.1) is 0 Å². The van der Waals surface area contributed by atoms with Crippen LogP contribution in [0.5, 0.6) is 5.75 Å². The molecule has 0 saturated heterocycles. The van der Waals surface area contributed by atoms with Gasteiger partial charge in [-0.05, 0) is 50.6 Å². The molecule has 27 heavy (non-hydrogen) atoms. The third-order valence-corrected chi connectivity index (χ3v) is 5.01. The number of urea groups is 1. The van der Waals surface area contributed by atoms with E-state index in [1.807, 2.05) is 13.8 Å². The second-order valence-electron chi connectivity index (χ2n) is 6.21. The fourth-order valence-electron chi connectivity index (χ4n) is 2.29. The first kappa shape index (κ1) is 20.7. The van der Waals surface area contributed by atoms with Crippen LogP contribution < -0.4 is 9.50 Å². The standard InChI is InChI=1S/C19H23FN2O4S/c1-4-27(24,25)26-16-11-9-15(10-12-16)13-22(14(2)3)19(23)21-18-8-6-5-7-17(18)20/h5-12,14H,4,13H2,1-3H3,(H,21,23). The molecule has 1 N–H and O–H groups in total. The van der Waals surface area contributed by atoms with Crippen LogP contribution in [0.4, 0.5) is 14.9 Å². The number of nitrogens with zero attached hydrogens (tertiary/aromatic N) is 1. The highest BCUT2D eigenvalue weighted by Gasteiger charge is 2.19. The van der Waals surface area contributed by atoms with Crippen molar-refractivity contribution in [3.8, 4) is 5.75 Å². The van der Waals surface area contributed by atoms with E-state index in [-0.39, 0.29) is 29.8 Å². The molecular formula is C19H23FN2O4S. The van der Waals surface area contributed by atoms with E-state index in [2.05, 4.69) is 5.32 Å². The zero-order valence-corrected chi connectivity index (χ0v) is 16.3. The molecule has 2 rings (SSSR count). The summed E-state index contributed by atoms with van der Waals surface area (Å²) in [6.07, 6.45) is 0. The summed E-state index contributed by atoms with van der Waals surface area (Å²) in [4.78, 5) is 14.1. The predicted octanol–water partition coefficient (Wildman–Crippen LogP) is 4.00. The number of carbonyl (C=O) groups excluding carboxylic acids is 1. The summed E-state index contributed by atoms with van der Waals surface area (Å²) in [5.41, 5.74) is 0.898. The average molecular weight is 394 g/mol. The number of hydrogen-bond acceptors (Lipinski definition) is 4. The number of nitrogens with one attached hydrogen (secondary N) is 1. The van der Waals surface area contributed by atoms with Gasteiger partial charge in [-0.3, -0.25) is 0 Å². The summed E-state index contributed by atoms with van der Waals surface area (Å²) in [6, 6.07) is 11.8. The van der Waals surface area contributed by atoms with E-state index in [9.17, 15) is 17.6 Å². The number of benzene rings is 2. The fourth-order valence-corrected chi connectivity index (χ4v) is 2.81. The van der Waals surface area contributed by atoms with E-state index < -0.39 is 22.0 Å². The Morgan fingerprint density at radius 1 is 1.15 bits per heavy atom. The van der Waals surface area contributed by atoms with Crippen molar-refractivity contribution in [3.63, 3.8) is 0 Å². The minimum Gasteiger partial charge on any atom is -0.382 e. The summed E-state index contributed by atoms with van der Waals surface area (Å²) in [6.45, 7) is 5.48. The van der Waals surface area contributed by atoms with Gasteiger partial charge in [0.15, 0.2) is 0 Å². The van der Waals surface area contributed by atoms with E-state index in [0.717, 1.165) is 5.56 Å². The maximum absolute atomic E-state index is 13.8. The minimum atomic E-state index is -3.58. The van der Waals surface area contributed by atoms with E-state index >= 15 is 0 Å². The van der Waals surface area contributed by atoms with Crippen molar-refractivity contribution in [3.05, 3.63) is 59.9 Å². The molecule has 2 aromatic rings. The van der Waals surface area contributed by atoms with Crippen molar-refractivity contribution in [2.75, 3.05) is 11.1 Å². The van der Waals surface area contributed by atoms with Gasteiger partial charge in [-0.2, -0.15) is 8.42 Å². The van der Waals surface area contributed by atoms with Gasteiger partial charge < -0.3 is 14.4 Å². The van der Waals surface area contributed by atoms with Crippen LogP contribution in [-0.4, -0.2) is 31.1 Å². The van der Waals surface area contributed by atoms with Gasteiger partial charge in [-0.25, -0.2) is 9.18 Å². The van der Waals surface area contributed by atoms with E-state index in [1.165, 1.54) is 31.2 Å². The topological polar surface area (TPSA) is 75.7 Å². The van der Waals surface area contributed by atoms with Gasteiger partial charge in [0, 0.05) is 12.6 Å². The highest BCUT2D eigenvalue weighted by molar-refractivity contribution is 7.87. The maximum Gasteiger partial charge on any atom is 0.322 e. The zero-order valence-electron chi connectivity index (χ0n) is 15.5. The molecule has 0 unspecified atom stereocenters. The molecule has 0 bridgehead atoms. The number of para-hydroxylation sites is 1. The molecule has 0 fully saturated rings. The largest absolute Gasteiger partial charge is 0.382 e. The second kappa shape index (κ2) is 8.85. The zero-order chi connectivity index (χ0) is 20.0. The Bertz CT molecular complexity index is 883. The van der Waals surface area contributed by atoms with Gasteiger partial charge in [0.2, 0.25) is 0 Å². The molecule has 0 aliphatic carbocycles. The number of rotatable bonds is 7. The van der Waals surface area contributed by atoms with Gasteiger partial charge in [0.05, 0.1) is 11.4 Å². The third-order valence-electron chi connectivity index (χ3n) is 3.85. The van der Waals surface area contributed by atoms with Crippen molar-refractivity contribution in [2.45, 2.75) is 33.4 Å². The average Bonchev–Trinajstić information content (AvgIpc) is 2.62. The van der Waals surface area contributed by atoms with Gasteiger partial charge >= 0.3 is 16.1 Å². The number of carbonyl (C=O) groups is 1. The number of halogens is 1. The van der Waals surface area contributed by atoms with Gasteiger partial charge in [0.1, 0.15) is 11.6 Å². The molecule has 2 amide bonds. The molecular weight excluding hydrogens is 371 g/mol. The van der Waals surface area contributed by atoms with E-state index in [1.54, 1.807) is 29.2 Å². The lowest BCUT2D eigenvalue weighted by atomic mass is 10.2. The molecule has 146 valence electrons. The van der Waals surface area contributed by atoms with Crippen LogP contribution in [0.25, 0.3) is 0 Å². The van der Waals surface area contributed by atoms with Crippen LogP contribution >= 0.6 is 0 Å². The molecule has 0 saturated carbocycles. The number of amides is 2. The molecule has 0 aromatic heterocycles. The summed E-state index contributed by atoms with van der Waals surface area (Å²) < 4.78 is 41.7. The first-order chi connectivity index (χ1) is 12.7. The summed E-state index contributed by atoms with van der Waals surface area (Å²) in [7, 11) is -3.58. The molecule has 0 heterocycles. The molecule has 0 radical (unpaired) electrons. The fraction of sp³-hybridized carbons (Fsp3) is 0.316. The van der Waals surface area contributed by atoms with Crippen molar-refractivity contribution in [1.82, 2.24) is 4.90 Å². The van der Waals surface area contributed by atoms with Gasteiger partial charge in [0.25, 0.3) is 0 Å². The molecule has 6 nitrogen and oxygen atoms in total. The Morgan fingerprint density at radius 2 is 1.78 bits per heavy atom. The van der Waals surface area contributed by atoms with Gasteiger partial charge in [-0.1, -0.05) is 24.3 Å². The summed E-state index contributed by atoms with van der Waals surface area (Å²) in [5.74, 6) is -0.410. The van der Waals surface area contributed by atoms with Crippen LogP contribution in [0.2, 0.25) is 0 Å². The Labute approximate surface area is 159 Å². The van der Waals surface area contributed by atoms with Crippen molar-refractivity contribution < 1.29 is 21.8 Å². The molecule has 2 aromatic carbocycles. The van der Waals surface area contributed by atoms with Crippen LogP contribution in [0.3, 0.4) is 0 Å². The predicted molar refractivity (Wildman–Crippen MR) is 103 cm³/mol. The monoisotopic (exact) mass is 394 g/mol. The Morgan fingerprint density at radius 3 is 2.33 bits per heavy atom. The van der Waals surface area contributed by atoms with Crippen LogP contribution in [0.15, 0.2) is 48.5 Å². The second-order valence-corrected chi connectivity index (χ2v) is 8.06. The lowest BCUT2D eigenvalue weighted by Crippen LogP contribution is -2.39. The van der Waals surface area contributed by atoms with Crippen LogP contribution in [0, 0.1) is 5.82 Å². The quantitative estimate of drug-likeness (QED) is 0.721. The first-order valence-corrected chi connectivity index (χ1v) is 10.1. The van der Waals surface area contributed by atoms with E-state index in [0.29, 0.717) is 0 Å². The SMILES string of the molecule is CCS(=O)(=O)Oc1ccc(CN(C(=O)Nc2ccccc2F)C(C)C)cc1. The summed E-state index contributed by atoms with van der Waals surface area (Å²) >= 11 is 0. The van der Waals surface area contributed by atoms with Crippen LogP contribution in [0.1, 0.15) is 26.3 Å². The molecule has 8 heteroatoms. The highest BCUT2D eigenvalue weighted by atomic mass is 32.2. The Hall–Kier alpha value is -2.61. The third kappa shape index (κ3) is 5.96. The molecule has 0 spiro atoms. The van der Waals surface area contributed by atoms with Crippen molar-refractivity contribution in [1.29, 1.82) is 0 Å². The van der Waals surface area contributed by atoms with E-state index in [4.69, 9.17) is 4.18 Å². The summed E-state index contributed by atoms with van der Waals surface area (Å²) in [5, 5.41) is 2.57. The molecule has 0 aliphatic rings. The molecule has 0 atom stereocenters. The Kier molecular flexibility index (Phi) is 6.79. The van der Waals surface area contributed by atoms with Crippen molar-refractivity contribution >= 4 is 21.8 Å². The molecule has 0 aliphatic heterocycles. The normalized spacial score (nSPS) is 11.3. The maximum atomic E-state index is 13.8. The lowest BCUT2D eigenvalue weighted by Gasteiger charge is -2.27. The first-order valence-electron chi connectivity index (χ1n) is 8.55. The van der Waals surface area contributed by atoms with Crippen molar-refractivity contribution in [2.24, 2.45) is 0 Å². The Balaban J connectivity index is 2.09. The lowest BCUT2D eigenvalue weighted by molar-refractivity contribution is 0.193. The number of hydrogen-bond donors (Lipinski definition) is 1. The number of anilines is 1. The smallest absolute Gasteiger partial charge is 0.322 e. The van der Waals surface area contributed by atoms with Crippen LogP contribution in [-0.2, 0) is 16.7 Å². The minimum absolute atomic E-state index is 0.113.